The average Bonchev–Trinajstić information content (AvgIpc) is 2.58. The van der Waals surface area contributed by atoms with Crippen molar-refractivity contribution in [3.63, 3.8) is 0 Å². The van der Waals surface area contributed by atoms with Crippen molar-refractivity contribution in [3.8, 4) is 0 Å². The number of nitrogens with zero attached hydrogens (tertiary/aromatic N) is 2. The van der Waals surface area contributed by atoms with Gasteiger partial charge >= 0.3 is 0 Å². The third kappa shape index (κ3) is 1.14. The summed E-state index contributed by atoms with van der Waals surface area (Å²) in [6, 6.07) is 0. The zero-order valence-electron chi connectivity index (χ0n) is 5.91. The van der Waals surface area contributed by atoms with Crippen LogP contribution in [0, 0.1) is 0 Å². The van der Waals surface area contributed by atoms with Crippen LogP contribution in [0.4, 0.5) is 0 Å². The minimum absolute atomic E-state index is 0.866. The molecule has 1 aliphatic rings. The normalized spacial score (nSPS) is 15.8. The number of aromatic amines is 1. The van der Waals surface area contributed by atoms with Crippen LogP contribution in [0.1, 0.15) is 5.69 Å². The smallest absolute Gasteiger partial charge is 0.0851 e. The van der Waals surface area contributed by atoms with Crippen LogP contribution >= 0.6 is 0 Å². The van der Waals surface area contributed by atoms with E-state index < -0.39 is 0 Å². The molecule has 2 N–H and O–H groups in total. The van der Waals surface area contributed by atoms with Crippen molar-refractivity contribution in [2.45, 2.75) is 0 Å². The van der Waals surface area contributed by atoms with Crippen molar-refractivity contribution in [1.82, 2.24) is 20.7 Å². The van der Waals surface area contributed by atoms with E-state index in [4.69, 9.17) is 0 Å². The van der Waals surface area contributed by atoms with Gasteiger partial charge in [-0.2, -0.15) is 0 Å². The van der Waals surface area contributed by atoms with Crippen molar-refractivity contribution in [2.75, 3.05) is 6.54 Å². The Hall–Kier alpha value is -1.58. The Labute approximate surface area is 64.0 Å². The first kappa shape index (κ1) is 6.15. The topological polar surface area (TPSA) is 53.6 Å². The number of H-pyrrole nitrogens is 1. The van der Waals surface area contributed by atoms with E-state index >= 15 is 0 Å². The molecule has 0 atom stereocenters. The standard InChI is InChI=1S/C7H8N4/c1-3-8-4-2-6(1)7-5-9-11-10-7/h1-3,5,8H,4H2,(H,9,10,11). The highest BCUT2D eigenvalue weighted by molar-refractivity contribution is 5.71. The van der Waals surface area contributed by atoms with E-state index in [0.717, 1.165) is 17.8 Å². The third-order valence-corrected chi connectivity index (χ3v) is 1.55. The zero-order chi connectivity index (χ0) is 7.52. The molecule has 0 spiro atoms. The van der Waals surface area contributed by atoms with Crippen LogP contribution in [-0.4, -0.2) is 22.0 Å². The van der Waals surface area contributed by atoms with E-state index in [-0.39, 0.29) is 0 Å². The Bertz CT molecular complexity index is 283. The lowest BCUT2D eigenvalue weighted by atomic mass is 10.1. The highest BCUT2D eigenvalue weighted by Crippen LogP contribution is 2.11. The highest BCUT2D eigenvalue weighted by Gasteiger charge is 2.00. The minimum Gasteiger partial charge on any atom is -0.387 e. The molecule has 0 saturated heterocycles. The molecule has 0 fully saturated rings. The van der Waals surface area contributed by atoms with Crippen molar-refractivity contribution >= 4 is 5.57 Å². The molecular formula is C7H8N4. The number of dihydropyridines is 1. The number of hydrogen-bond acceptors (Lipinski definition) is 3. The Balaban J connectivity index is 2.29. The van der Waals surface area contributed by atoms with E-state index in [2.05, 4.69) is 26.8 Å². The molecule has 1 aromatic heterocycles. The molecule has 2 rings (SSSR count). The molecule has 0 aliphatic carbocycles. The predicted molar refractivity (Wildman–Crippen MR) is 41.5 cm³/mol. The summed E-state index contributed by atoms with van der Waals surface area (Å²) in [5, 5.41) is 13.2. The molecule has 4 heteroatoms. The van der Waals surface area contributed by atoms with Gasteiger partial charge in [0.15, 0.2) is 0 Å². The fourth-order valence-electron chi connectivity index (χ4n) is 0.991. The molecule has 56 valence electrons. The minimum atomic E-state index is 0.866. The van der Waals surface area contributed by atoms with Gasteiger partial charge in [0.2, 0.25) is 0 Å². The van der Waals surface area contributed by atoms with Gasteiger partial charge in [-0.3, -0.25) is 5.10 Å². The van der Waals surface area contributed by atoms with Gasteiger partial charge in [-0.25, -0.2) is 0 Å². The maximum atomic E-state index is 3.70. The fraction of sp³-hybridized carbons (Fsp3) is 0.143. The first-order valence-electron chi connectivity index (χ1n) is 3.43. The van der Waals surface area contributed by atoms with Gasteiger partial charge < -0.3 is 5.32 Å². The van der Waals surface area contributed by atoms with Gasteiger partial charge in [-0.15, -0.1) is 5.10 Å². The number of aromatic nitrogens is 3. The molecule has 0 saturated carbocycles. The second-order valence-electron chi connectivity index (χ2n) is 2.27. The van der Waals surface area contributed by atoms with E-state index in [9.17, 15) is 0 Å². The van der Waals surface area contributed by atoms with Crippen molar-refractivity contribution < 1.29 is 0 Å². The summed E-state index contributed by atoms with van der Waals surface area (Å²) in [4.78, 5) is 0. The second-order valence-corrected chi connectivity index (χ2v) is 2.27. The van der Waals surface area contributed by atoms with E-state index in [1.807, 2.05) is 12.3 Å². The van der Waals surface area contributed by atoms with Crippen LogP contribution in [-0.2, 0) is 0 Å². The zero-order valence-corrected chi connectivity index (χ0v) is 5.91. The molecule has 0 unspecified atom stereocenters. The van der Waals surface area contributed by atoms with Crippen molar-refractivity contribution in [1.29, 1.82) is 0 Å². The summed E-state index contributed by atoms with van der Waals surface area (Å²) >= 11 is 0. The quantitative estimate of drug-likeness (QED) is 0.602. The highest BCUT2D eigenvalue weighted by atomic mass is 15.3. The van der Waals surface area contributed by atoms with Gasteiger partial charge in [0, 0.05) is 12.1 Å². The lowest BCUT2D eigenvalue weighted by Gasteiger charge is -2.04. The number of allylic oxidation sites excluding steroid dienone is 2. The summed E-state index contributed by atoms with van der Waals surface area (Å²) in [5.41, 5.74) is 2.09. The molecule has 0 amide bonds. The van der Waals surface area contributed by atoms with Crippen LogP contribution < -0.4 is 5.32 Å². The second kappa shape index (κ2) is 2.57. The molecule has 2 heterocycles. The van der Waals surface area contributed by atoms with Gasteiger partial charge in [-0.05, 0) is 12.3 Å². The van der Waals surface area contributed by atoms with Crippen LogP contribution in [0.25, 0.3) is 5.57 Å². The third-order valence-electron chi connectivity index (χ3n) is 1.55. The average molecular weight is 148 g/mol. The van der Waals surface area contributed by atoms with E-state index in [1.54, 1.807) is 6.20 Å². The van der Waals surface area contributed by atoms with E-state index in [0.29, 0.717) is 0 Å². The lowest BCUT2D eigenvalue weighted by molar-refractivity contribution is 0.932. The maximum absolute atomic E-state index is 3.70. The number of hydrogen-bond donors (Lipinski definition) is 2. The number of rotatable bonds is 1. The molecular weight excluding hydrogens is 140 g/mol. The molecule has 0 aromatic carbocycles. The molecule has 1 aromatic rings. The van der Waals surface area contributed by atoms with E-state index in [1.165, 1.54) is 0 Å². The van der Waals surface area contributed by atoms with Gasteiger partial charge in [0.05, 0.1) is 11.9 Å². The number of nitrogens with one attached hydrogen (secondary N) is 2. The summed E-state index contributed by atoms with van der Waals surface area (Å²) in [6.45, 7) is 0.866. The molecule has 11 heavy (non-hydrogen) atoms. The Kier molecular flexibility index (Phi) is 1.44. The largest absolute Gasteiger partial charge is 0.387 e. The van der Waals surface area contributed by atoms with Gasteiger partial charge in [0.1, 0.15) is 0 Å². The first-order valence-corrected chi connectivity index (χ1v) is 3.43. The fourth-order valence-corrected chi connectivity index (χ4v) is 0.991. The SMILES string of the molecule is C1=CC(c2cnn[nH]2)=CCN1. The Morgan fingerprint density at radius 3 is 3.09 bits per heavy atom. The summed E-state index contributed by atoms with van der Waals surface area (Å²) in [7, 11) is 0. The van der Waals surface area contributed by atoms with Crippen LogP contribution in [0.2, 0.25) is 0 Å². The monoisotopic (exact) mass is 148 g/mol. The van der Waals surface area contributed by atoms with Crippen LogP contribution in [0.3, 0.4) is 0 Å². The predicted octanol–water partition coefficient (Wildman–Crippen LogP) is 0.305. The molecule has 4 nitrogen and oxygen atoms in total. The summed E-state index contributed by atoms with van der Waals surface area (Å²) in [5.74, 6) is 0. The van der Waals surface area contributed by atoms with Gasteiger partial charge in [-0.1, -0.05) is 11.3 Å². The Morgan fingerprint density at radius 1 is 1.45 bits per heavy atom. The van der Waals surface area contributed by atoms with Crippen LogP contribution in [0.5, 0.6) is 0 Å². The molecule has 0 bridgehead atoms. The Morgan fingerprint density at radius 2 is 2.45 bits per heavy atom. The molecule has 1 aliphatic heterocycles. The van der Waals surface area contributed by atoms with Crippen molar-refractivity contribution in [3.05, 3.63) is 30.2 Å². The summed E-state index contributed by atoms with van der Waals surface area (Å²) in [6.07, 6.45) is 7.69. The van der Waals surface area contributed by atoms with Crippen molar-refractivity contribution in [2.24, 2.45) is 0 Å². The van der Waals surface area contributed by atoms with Gasteiger partial charge in [0.25, 0.3) is 0 Å². The first-order chi connectivity index (χ1) is 5.47. The summed E-state index contributed by atoms with van der Waals surface area (Å²) < 4.78 is 0. The maximum Gasteiger partial charge on any atom is 0.0851 e. The lowest BCUT2D eigenvalue weighted by Crippen LogP contribution is -2.08. The molecule has 0 radical (unpaired) electrons. The van der Waals surface area contributed by atoms with Crippen LogP contribution in [0.15, 0.2) is 24.5 Å².